The average Bonchev–Trinajstić information content (AvgIpc) is 3.09. The number of likely N-dealkylation sites (tertiary alicyclic amines) is 1. The number of nitrogens with zero attached hydrogens (tertiary/aromatic N) is 1. The number of hydrogen-bond acceptors (Lipinski definition) is 3. The molecule has 0 amide bonds. The van der Waals surface area contributed by atoms with Gasteiger partial charge in [-0.25, -0.2) is 4.39 Å². The van der Waals surface area contributed by atoms with Gasteiger partial charge in [0.25, 0.3) is 0 Å². The molecule has 1 fully saturated rings. The van der Waals surface area contributed by atoms with Crippen molar-refractivity contribution in [2.75, 3.05) is 25.4 Å². The number of fused-ring (bicyclic) bond motifs is 1. The van der Waals surface area contributed by atoms with Crippen LogP contribution in [0.3, 0.4) is 0 Å². The number of benzene rings is 2. The van der Waals surface area contributed by atoms with E-state index in [4.69, 9.17) is 0 Å². The summed E-state index contributed by atoms with van der Waals surface area (Å²) < 4.78 is 13.5. The number of aromatic nitrogens is 1. The molecule has 5 heteroatoms. The summed E-state index contributed by atoms with van der Waals surface area (Å²) in [5.41, 5.74) is 2.82. The molecule has 3 nitrogen and oxygen atoms in total. The van der Waals surface area contributed by atoms with Crippen LogP contribution in [-0.4, -0.2) is 46.0 Å². The van der Waals surface area contributed by atoms with E-state index >= 15 is 0 Å². The van der Waals surface area contributed by atoms with Crippen molar-refractivity contribution in [2.45, 2.75) is 36.7 Å². The molecular weight excluding hydrogens is 371 g/mol. The van der Waals surface area contributed by atoms with E-state index in [1.807, 2.05) is 6.20 Å². The maximum atomic E-state index is 13.5. The molecule has 0 atom stereocenters. The molecule has 2 heterocycles. The van der Waals surface area contributed by atoms with Crippen LogP contribution in [0.2, 0.25) is 0 Å². The molecule has 1 aliphatic heterocycles. The highest BCUT2D eigenvalue weighted by Gasteiger charge is 2.32. The second-order valence-electron chi connectivity index (χ2n) is 7.87. The number of nitrogens with one attached hydrogen (secondary N) is 1. The van der Waals surface area contributed by atoms with Crippen LogP contribution in [0.5, 0.6) is 0 Å². The predicted molar refractivity (Wildman–Crippen MR) is 114 cm³/mol. The number of aliphatic hydroxyl groups is 1. The second-order valence-corrected chi connectivity index (χ2v) is 8.89. The number of aromatic amines is 1. The van der Waals surface area contributed by atoms with E-state index < -0.39 is 5.60 Å². The van der Waals surface area contributed by atoms with E-state index in [2.05, 4.69) is 41.1 Å². The van der Waals surface area contributed by atoms with Crippen LogP contribution in [0.4, 0.5) is 4.39 Å². The van der Waals surface area contributed by atoms with Gasteiger partial charge in [-0.05, 0) is 61.6 Å². The highest BCUT2D eigenvalue weighted by molar-refractivity contribution is 7.99. The molecule has 0 bridgehead atoms. The lowest BCUT2D eigenvalue weighted by molar-refractivity contribution is -0.000804. The highest BCUT2D eigenvalue weighted by atomic mass is 32.2. The van der Waals surface area contributed by atoms with E-state index in [1.165, 1.54) is 16.5 Å². The largest absolute Gasteiger partial charge is 0.389 e. The van der Waals surface area contributed by atoms with Gasteiger partial charge in [-0.2, -0.15) is 0 Å². The molecule has 4 rings (SSSR count). The van der Waals surface area contributed by atoms with Crippen molar-refractivity contribution in [2.24, 2.45) is 0 Å². The number of rotatable bonds is 6. The minimum atomic E-state index is -0.590. The number of H-pyrrole nitrogens is 1. The Morgan fingerprint density at radius 3 is 2.75 bits per heavy atom. The van der Waals surface area contributed by atoms with Crippen LogP contribution in [-0.2, 0) is 6.42 Å². The third kappa shape index (κ3) is 4.43. The molecule has 0 spiro atoms. The van der Waals surface area contributed by atoms with Gasteiger partial charge in [-0.15, -0.1) is 11.8 Å². The number of halogens is 1. The Hall–Kier alpha value is -1.82. The Morgan fingerprint density at radius 2 is 1.96 bits per heavy atom. The molecule has 28 heavy (non-hydrogen) atoms. The van der Waals surface area contributed by atoms with Gasteiger partial charge in [0.2, 0.25) is 0 Å². The zero-order chi connectivity index (χ0) is 19.6. The Labute approximate surface area is 170 Å². The molecule has 1 aromatic heterocycles. The normalized spacial score (nSPS) is 17.2. The summed E-state index contributed by atoms with van der Waals surface area (Å²) in [7, 11) is 0. The van der Waals surface area contributed by atoms with E-state index in [0.717, 1.165) is 61.1 Å². The first-order valence-electron chi connectivity index (χ1n) is 9.91. The van der Waals surface area contributed by atoms with Crippen LogP contribution < -0.4 is 0 Å². The molecule has 1 saturated heterocycles. The molecular formula is C23H27FN2OS. The Kier molecular flexibility index (Phi) is 5.76. The SMILES string of the molecule is Cc1ccccc1SCC1(O)CCN(CCc2c[nH]c3ccc(F)cc23)CC1. The van der Waals surface area contributed by atoms with Crippen molar-refractivity contribution in [3.05, 3.63) is 65.6 Å². The standard InChI is InChI=1S/C23H27FN2OS/c1-17-4-2-3-5-22(17)28-16-23(27)9-12-26(13-10-23)11-8-18-15-25-21-7-6-19(24)14-20(18)21/h2-7,14-15,25,27H,8-13,16H2,1H3. The number of piperidine rings is 1. The summed E-state index contributed by atoms with van der Waals surface area (Å²) in [4.78, 5) is 6.89. The van der Waals surface area contributed by atoms with Gasteiger partial charge < -0.3 is 15.0 Å². The van der Waals surface area contributed by atoms with Crippen molar-refractivity contribution in [1.29, 1.82) is 0 Å². The summed E-state index contributed by atoms with van der Waals surface area (Å²) in [5.74, 6) is 0.551. The summed E-state index contributed by atoms with van der Waals surface area (Å²) >= 11 is 1.76. The lowest BCUT2D eigenvalue weighted by Gasteiger charge is -2.38. The summed E-state index contributed by atoms with van der Waals surface area (Å²) in [6.07, 6.45) is 4.48. The Morgan fingerprint density at radius 1 is 1.18 bits per heavy atom. The third-order valence-electron chi connectivity index (χ3n) is 5.80. The smallest absolute Gasteiger partial charge is 0.123 e. The summed E-state index contributed by atoms with van der Waals surface area (Å²) in [6.45, 7) is 4.86. The first-order chi connectivity index (χ1) is 13.5. The maximum absolute atomic E-state index is 13.5. The van der Waals surface area contributed by atoms with Crippen molar-refractivity contribution in [1.82, 2.24) is 9.88 Å². The number of aryl methyl sites for hydroxylation is 1. The topological polar surface area (TPSA) is 39.3 Å². The fourth-order valence-electron chi connectivity index (χ4n) is 3.90. The highest BCUT2D eigenvalue weighted by Crippen LogP contribution is 2.31. The molecule has 0 unspecified atom stereocenters. The molecule has 2 N–H and O–H groups in total. The quantitative estimate of drug-likeness (QED) is 0.587. The van der Waals surface area contributed by atoms with Crippen LogP contribution in [0.1, 0.15) is 24.0 Å². The van der Waals surface area contributed by atoms with Gasteiger partial charge in [0.05, 0.1) is 5.60 Å². The second kappa shape index (κ2) is 8.27. The van der Waals surface area contributed by atoms with Crippen molar-refractivity contribution in [3.8, 4) is 0 Å². The van der Waals surface area contributed by atoms with Crippen LogP contribution in [0, 0.1) is 12.7 Å². The summed E-state index contributed by atoms with van der Waals surface area (Å²) in [6, 6.07) is 13.2. The van der Waals surface area contributed by atoms with E-state index in [1.54, 1.807) is 23.9 Å². The molecule has 148 valence electrons. The van der Waals surface area contributed by atoms with Gasteiger partial charge in [0, 0.05) is 47.4 Å². The Bertz CT molecular complexity index is 947. The fourth-order valence-corrected chi connectivity index (χ4v) is 5.09. The number of hydrogen-bond donors (Lipinski definition) is 2. The predicted octanol–water partition coefficient (Wildman–Crippen LogP) is 4.78. The lowest BCUT2D eigenvalue weighted by Crippen LogP contribution is -2.46. The zero-order valence-corrected chi connectivity index (χ0v) is 17.1. The van der Waals surface area contributed by atoms with Gasteiger partial charge in [-0.1, -0.05) is 18.2 Å². The third-order valence-corrected chi connectivity index (χ3v) is 7.25. The van der Waals surface area contributed by atoms with Crippen molar-refractivity contribution in [3.63, 3.8) is 0 Å². The molecule has 0 saturated carbocycles. The minimum Gasteiger partial charge on any atom is -0.389 e. The first-order valence-corrected chi connectivity index (χ1v) is 10.9. The van der Waals surface area contributed by atoms with E-state index in [-0.39, 0.29) is 5.82 Å². The van der Waals surface area contributed by atoms with E-state index in [0.29, 0.717) is 0 Å². The fraction of sp³-hybridized carbons (Fsp3) is 0.391. The van der Waals surface area contributed by atoms with Crippen LogP contribution >= 0.6 is 11.8 Å². The molecule has 0 radical (unpaired) electrons. The maximum Gasteiger partial charge on any atom is 0.123 e. The van der Waals surface area contributed by atoms with Gasteiger partial charge >= 0.3 is 0 Å². The van der Waals surface area contributed by atoms with Crippen molar-refractivity contribution < 1.29 is 9.50 Å². The van der Waals surface area contributed by atoms with Crippen LogP contribution in [0.25, 0.3) is 10.9 Å². The first kappa shape index (κ1) is 19.5. The zero-order valence-electron chi connectivity index (χ0n) is 16.2. The lowest BCUT2D eigenvalue weighted by atomic mass is 9.93. The van der Waals surface area contributed by atoms with Gasteiger partial charge in [-0.3, -0.25) is 0 Å². The average molecular weight is 399 g/mol. The molecule has 3 aromatic rings. The number of thioether (sulfide) groups is 1. The molecule has 1 aliphatic rings. The van der Waals surface area contributed by atoms with E-state index in [9.17, 15) is 9.50 Å². The molecule has 2 aromatic carbocycles. The minimum absolute atomic E-state index is 0.192. The van der Waals surface area contributed by atoms with Gasteiger partial charge in [0.15, 0.2) is 0 Å². The summed E-state index contributed by atoms with van der Waals surface area (Å²) in [5, 5.41) is 11.9. The molecule has 0 aliphatic carbocycles. The van der Waals surface area contributed by atoms with Crippen molar-refractivity contribution >= 4 is 22.7 Å². The monoisotopic (exact) mass is 398 g/mol. The van der Waals surface area contributed by atoms with Gasteiger partial charge in [0.1, 0.15) is 5.82 Å². The Balaban J connectivity index is 1.29. The van der Waals surface area contributed by atoms with Crippen LogP contribution in [0.15, 0.2) is 53.6 Å².